The predicted octanol–water partition coefficient (Wildman–Crippen LogP) is 2.20. The van der Waals surface area contributed by atoms with E-state index < -0.39 is 11.7 Å². The maximum absolute atomic E-state index is 10.2. The number of aliphatic hydroxyl groups is 2. The van der Waals surface area contributed by atoms with Gasteiger partial charge in [-0.2, -0.15) is 0 Å². The molecule has 2 heteroatoms. The Morgan fingerprint density at radius 1 is 1.19 bits per heavy atom. The van der Waals surface area contributed by atoms with Crippen LogP contribution >= 0.6 is 0 Å². The summed E-state index contributed by atoms with van der Waals surface area (Å²) in [6, 6.07) is 8.13. The lowest BCUT2D eigenvalue weighted by Crippen LogP contribution is -2.40. The highest BCUT2D eigenvalue weighted by Gasteiger charge is 2.38. The van der Waals surface area contributed by atoms with Crippen LogP contribution in [0.3, 0.4) is 0 Å². The molecule has 1 unspecified atom stereocenters. The first-order valence-corrected chi connectivity index (χ1v) is 6.06. The highest BCUT2D eigenvalue weighted by molar-refractivity contribution is 5.22. The first kappa shape index (κ1) is 11.6. The summed E-state index contributed by atoms with van der Waals surface area (Å²) in [5.74, 6) is 0. The van der Waals surface area contributed by atoms with E-state index in [-0.39, 0.29) is 0 Å². The standard InChI is InChI=1S/C14H20O2/c1-11-4-6-12(7-5-11)10-13(15)14(16)8-2-3-9-14/h4-7,13,15-16H,2-3,8-10H2,1H3. The molecule has 1 aliphatic carbocycles. The van der Waals surface area contributed by atoms with Crippen molar-refractivity contribution in [2.24, 2.45) is 0 Å². The van der Waals surface area contributed by atoms with Crippen molar-refractivity contribution in [1.82, 2.24) is 0 Å². The van der Waals surface area contributed by atoms with E-state index in [4.69, 9.17) is 0 Å². The lowest BCUT2D eigenvalue weighted by atomic mass is 9.90. The first-order chi connectivity index (χ1) is 7.60. The molecule has 16 heavy (non-hydrogen) atoms. The van der Waals surface area contributed by atoms with Gasteiger partial charge in [0.25, 0.3) is 0 Å². The van der Waals surface area contributed by atoms with Crippen molar-refractivity contribution in [2.75, 3.05) is 0 Å². The average molecular weight is 220 g/mol. The normalized spacial score (nSPS) is 20.9. The van der Waals surface area contributed by atoms with Crippen molar-refractivity contribution in [3.63, 3.8) is 0 Å². The van der Waals surface area contributed by atoms with E-state index in [0.29, 0.717) is 6.42 Å². The fraction of sp³-hybridized carbons (Fsp3) is 0.571. The smallest absolute Gasteiger partial charge is 0.0908 e. The maximum atomic E-state index is 10.2. The van der Waals surface area contributed by atoms with Gasteiger partial charge in [0.05, 0.1) is 11.7 Å². The predicted molar refractivity (Wildman–Crippen MR) is 64.3 cm³/mol. The van der Waals surface area contributed by atoms with E-state index >= 15 is 0 Å². The molecule has 0 heterocycles. The Hall–Kier alpha value is -0.860. The Bertz CT molecular complexity index is 336. The zero-order valence-electron chi connectivity index (χ0n) is 9.82. The number of hydrogen-bond donors (Lipinski definition) is 2. The van der Waals surface area contributed by atoms with Gasteiger partial charge in [-0.05, 0) is 25.3 Å². The fourth-order valence-electron chi connectivity index (χ4n) is 2.46. The van der Waals surface area contributed by atoms with Gasteiger partial charge in [0.1, 0.15) is 0 Å². The van der Waals surface area contributed by atoms with Crippen LogP contribution in [0.4, 0.5) is 0 Å². The molecule has 0 aromatic heterocycles. The van der Waals surface area contributed by atoms with Crippen molar-refractivity contribution in [3.8, 4) is 0 Å². The minimum Gasteiger partial charge on any atom is -0.390 e. The number of benzene rings is 1. The summed E-state index contributed by atoms with van der Waals surface area (Å²) in [6.07, 6.45) is 3.46. The minimum atomic E-state index is -0.842. The van der Waals surface area contributed by atoms with Crippen molar-refractivity contribution in [2.45, 2.75) is 50.7 Å². The van der Waals surface area contributed by atoms with E-state index in [1.165, 1.54) is 5.56 Å². The summed E-state index contributed by atoms with van der Waals surface area (Å²) in [5.41, 5.74) is 1.47. The van der Waals surface area contributed by atoms with Crippen molar-refractivity contribution >= 4 is 0 Å². The van der Waals surface area contributed by atoms with E-state index in [0.717, 1.165) is 31.2 Å². The highest BCUT2D eigenvalue weighted by atomic mass is 16.3. The van der Waals surface area contributed by atoms with Gasteiger partial charge < -0.3 is 10.2 Å². The molecular weight excluding hydrogens is 200 g/mol. The van der Waals surface area contributed by atoms with Crippen LogP contribution in [-0.4, -0.2) is 21.9 Å². The van der Waals surface area contributed by atoms with E-state index in [2.05, 4.69) is 0 Å². The van der Waals surface area contributed by atoms with Gasteiger partial charge in [0.2, 0.25) is 0 Å². The Kier molecular flexibility index (Phi) is 3.31. The van der Waals surface area contributed by atoms with Crippen LogP contribution < -0.4 is 0 Å². The SMILES string of the molecule is Cc1ccc(CC(O)C2(O)CCCC2)cc1. The summed E-state index contributed by atoms with van der Waals surface area (Å²) in [5, 5.41) is 20.3. The molecule has 0 amide bonds. The van der Waals surface area contributed by atoms with Gasteiger partial charge in [0, 0.05) is 6.42 Å². The molecular formula is C14H20O2. The van der Waals surface area contributed by atoms with Gasteiger partial charge in [0.15, 0.2) is 0 Å². The molecule has 0 spiro atoms. The Labute approximate surface area is 96.9 Å². The summed E-state index contributed by atoms with van der Waals surface area (Å²) < 4.78 is 0. The molecule has 2 N–H and O–H groups in total. The third kappa shape index (κ3) is 2.45. The molecule has 0 bridgehead atoms. The number of aryl methyl sites for hydroxylation is 1. The zero-order chi connectivity index (χ0) is 11.6. The molecule has 1 aliphatic rings. The monoisotopic (exact) mass is 220 g/mol. The van der Waals surface area contributed by atoms with Gasteiger partial charge >= 0.3 is 0 Å². The van der Waals surface area contributed by atoms with Crippen LogP contribution in [0.5, 0.6) is 0 Å². The molecule has 1 aromatic rings. The van der Waals surface area contributed by atoms with Crippen LogP contribution in [0, 0.1) is 6.92 Å². The van der Waals surface area contributed by atoms with Crippen molar-refractivity contribution in [3.05, 3.63) is 35.4 Å². The summed E-state index contributed by atoms with van der Waals surface area (Å²) >= 11 is 0. The largest absolute Gasteiger partial charge is 0.390 e. The molecule has 0 saturated heterocycles. The fourth-order valence-corrected chi connectivity index (χ4v) is 2.46. The van der Waals surface area contributed by atoms with Gasteiger partial charge in [-0.25, -0.2) is 0 Å². The van der Waals surface area contributed by atoms with Gasteiger partial charge in [-0.15, -0.1) is 0 Å². The van der Waals surface area contributed by atoms with Crippen LogP contribution in [0.15, 0.2) is 24.3 Å². The third-order valence-corrected chi connectivity index (χ3v) is 3.64. The summed E-state index contributed by atoms with van der Waals surface area (Å²) in [7, 11) is 0. The molecule has 1 aromatic carbocycles. The lowest BCUT2D eigenvalue weighted by molar-refractivity contribution is -0.0689. The Morgan fingerprint density at radius 2 is 1.75 bits per heavy atom. The number of rotatable bonds is 3. The lowest BCUT2D eigenvalue weighted by Gasteiger charge is -2.28. The van der Waals surface area contributed by atoms with E-state index in [9.17, 15) is 10.2 Å². The molecule has 0 aliphatic heterocycles. The third-order valence-electron chi connectivity index (χ3n) is 3.64. The zero-order valence-corrected chi connectivity index (χ0v) is 9.82. The minimum absolute atomic E-state index is 0.552. The highest BCUT2D eigenvalue weighted by Crippen LogP contribution is 2.33. The molecule has 0 radical (unpaired) electrons. The summed E-state index contributed by atoms with van der Waals surface area (Å²) in [6.45, 7) is 2.05. The molecule has 1 saturated carbocycles. The first-order valence-electron chi connectivity index (χ1n) is 6.06. The molecule has 2 rings (SSSR count). The second-order valence-corrected chi connectivity index (χ2v) is 5.02. The van der Waals surface area contributed by atoms with Gasteiger partial charge in [-0.1, -0.05) is 42.7 Å². The Morgan fingerprint density at radius 3 is 2.31 bits per heavy atom. The number of aliphatic hydroxyl groups excluding tert-OH is 1. The molecule has 2 nitrogen and oxygen atoms in total. The Balaban J connectivity index is 2.01. The summed E-state index contributed by atoms with van der Waals surface area (Å²) in [4.78, 5) is 0. The average Bonchev–Trinajstić information content (AvgIpc) is 2.70. The molecule has 1 atom stereocenters. The van der Waals surface area contributed by atoms with E-state index in [1.807, 2.05) is 31.2 Å². The van der Waals surface area contributed by atoms with Crippen LogP contribution in [0.2, 0.25) is 0 Å². The topological polar surface area (TPSA) is 40.5 Å². The van der Waals surface area contributed by atoms with Gasteiger partial charge in [-0.3, -0.25) is 0 Å². The van der Waals surface area contributed by atoms with Crippen molar-refractivity contribution < 1.29 is 10.2 Å². The quantitative estimate of drug-likeness (QED) is 0.820. The second-order valence-electron chi connectivity index (χ2n) is 5.02. The van der Waals surface area contributed by atoms with Crippen LogP contribution in [0.25, 0.3) is 0 Å². The molecule has 88 valence electrons. The van der Waals surface area contributed by atoms with Crippen LogP contribution in [-0.2, 0) is 6.42 Å². The second kappa shape index (κ2) is 4.56. The maximum Gasteiger partial charge on any atom is 0.0908 e. The molecule has 1 fully saturated rings. The van der Waals surface area contributed by atoms with Crippen molar-refractivity contribution in [1.29, 1.82) is 0 Å². The van der Waals surface area contributed by atoms with Crippen LogP contribution in [0.1, 0.15) is 36.8 Å². The van der Waals surface area contributed by atoms with E-state index in [1.54, 1.807) is 0 Å². The number of hydrogen-bond acceptors (Lipinski definition) is 2.